The van der Waals surface area contributed by atoms with Crippen molar-refractivity contribution in [3.63, 3.8) is 0 Å². The first-order valence-electron chi connectivity index (χ1n) is 7.38. The summed E-state index contributed by atoms with van der Waals surface area (Å²) in [6.07, 6.45) is -3.45. The number of nitro groups is 1. The molecule has 0 aromatic heterocycles. The van der Waals surface area contributed by atoms with E-state index in [9.17, 15) is 25.1 Å². The van der Waals surface area contributed by atoms with E-state index < -0.39 is 28.8 Å². The number of carbonyl (C=O) groups is 1. The van der Waals surface area contributed by atoms with Gasteiger partial charge in [-0.2, -0.15) is 0 Å². The van der Waals surface area contributed by atoms with Crippen LogP contribution in [0.2, 0.25) is 0 Å². The topological polar surface area (TPSA) is 148 Å². The van der Waals surface area contributed by atoms with Gasteiger partial charge in [-0.15, -0.1) is 0 Å². The number of aliphatic hydroxyl groups is 2. The first-order chi connectivity index (χ1) is 11.0. The Bertz CT molecular complexity index is 599. The van der Waals surface area contributed by atoms with Crippen molar-refractivity contribution in [3.8, 4) is 0 Å². The number of nitrogen functional groups attached to an aromatic ring is 1. The number of ether oxygens (including phenoxy) is 1. The number of nitrogens with zero attached hydrogens (tertiary/aromatic N) is 1. The number of nitro benzene ring substituents is 1. The van der Waals surface area contributed by atoms with Gasteiger partial charge in [-0.25, -0.2) is 4.79 Å². The second kappa shape index (κ2) is 7.93. The van der Waals surface area contributed by atoms with Gasteiger partial charge in [0.05, 0.1) is 16.6 Å². The Hall–Kier alpha value is -2.39. The second-order valence-corrected chi connectivity index (χ2v) is 6.30. The van der Waals surface area contributed by atoms with Crippen LogP contribution < -0.4 is 11.1 Å². The molecule has 0 aliphatic carbocycles. The van der Waals surface area contributed by atoms with Crippen LogP contribution in [0.1, 0.15) is 38.9 Å². The van der Waals surface area contributed by atoms with Gasteiger partial charge in [-0.05, 0) is 39.3 Å². The minimum atomic E-state index is -1.48. The van der Waals surface area contributed by atoms with Gasteiger partial charge < -0.3 is 26.0 Å². The summed E-state index contributed by atoms with van der Waals surface area (Å²) in [6.45, 7) is 5.18. The molecule has 0 spiro atoms. The number of amides is 1. The van der Waals surface area contributed by atoms with Crippen LogP contribution in [-0.4, -0.2) is 39.5 Å². The van der Waals surface area contributed by atoms with Crippen LogP contribution in [0.15, 0.2) is 18.2 Å². The highest BCUT2D eigenvalue weighted by molar-refractivity contribution is 5.67. The number of anilines is 1. The van der Waals surface area contributed by atoms with Crippen LogP contribution in [0.4, 0.5) is 16.2 Å². The zero-order valence-electron chi connectivity index (χ0n) is 13.9. The zero-order valence-corrected chi connectivity index (χ0v) is 13.9. The normalized spacial score (nSPS) is 13.9. The third-order valence-electron chi connectivity index (χ3n) is 3.04. The summed E-state index contributed by atoms with van der Waals surface area (Å²) in [5.41, 5.74) is 4.61. The Kier molecular flexibility index (Phi) is 6.50. The van der Waals surface area contributed by atoms with Crippen LogP contribution in [0.3, 0.4) is 0 Å². The molecule has 0 saturated heterocycles. The van der Waals surface area contributed by atoms with Gasteiger partial charge in [0.1, 0.15) is 11.7 Å². The zero-order chi connectivity index (χ0) is 18.5. The quantitative estimate of drug-likeness (QED) is 0.348. The predicted octanol–water partition coefficient (Wildman–Crippen LogP) is 1.49. The average Bonchev–Trinajstić information content (AvgIpc) is 2.44. The fourth-order valence-corrected chi connectivity index (χ4v) is 1.97. The third kappa shape index (κ3) is 6.01. The Morgan fingerprint density at radius 2 is 2.04 bits per heavy atom. The van der Waals surface area contributed by atoms with Gasteiger partial charge in [0, 0.05) is 18.3 Å². The molecule has 134 valence electrons. The number of benzene rings is 1. The molecule has 1 aromatic carbocycles. The van der Waals surface area contributed by atoms with Crippen molar-refractivity contribution in [2.45, 2.75) is 45.0 Å². The van der Waals surface area contributed by atoms with Gasteiger partial charge in [-0.1, -0.05) is 0 Å². The molecule has 1 rings (SSSR count). The Morgan fingerprint density at radius 1 is 1.42 bits per heavy atom. The Balaban J connectivity index is 2.64. The molecule has 0 heterocycles. The number of nitrogens with two attached hydrogens (primary N) is 1. The van der Waals surface area contributed by atoms with E-state index in [0.717, 1.165) is 6.07 Å². The van der Waals surface area contributed by atoms with Crippen LogP contribution >= 0.6 is 0 Å². The molecule has 2 unspecified atom stereocenters. The first-order valence-corrected chi connectivity index (χ1v) is 7.38. The van der Waals surface area contributed by atoms with Crippen molar-refractivity contribution < 1.29 is 24.7 Å². The molecule has 2 atom stereocenters. The van der Waals surface area contributed by atoms with Gasteiger partial charge in [0.2, 0.25) is 0 Å². The summed E-state index contributed by atoms with van der Waals surface area (Å²) in [6, 6.07) is 3.81. The molecule has 1 amide bonds. The van der Waals surface area contributed by atoms with E-state index in [0.29, 0.717) is 0 Å². The van der Waals surface area contributed by atoms with Gasteiger partial charge in [0.15, 0.2) is 0 Å². The molecular weight excluding hydrogens is 318 g/mol. The first kappa shape index (κ1) is 19.7. The second-order valence-electron chi connectivity index (χ2n) is 6.30. The van der Waals surface area contributed by atoms with E-state index in [-0.39, 0.29) is 29.9 Å². The van der Waals surface area contributed by atoms with Gasteiger partial charge >= 0.3 is 6.09 Å². The number of hydrogen-bond donors (Lipinski definition) is 4. The number of rotatable bonds is 6. The van der Waals surface area contributed by atoms with Crippen LogP contribution in [0.5, 0.6) is 0 Å². The van der Waals surface area contributed by atoms with Crippen LogP contribution in [0, 0.1) is 10.1 Å². The minimum absolute atomic E-state index is 0.0120. The minimum Gasteiger partial charge on any atom is -0.444 e. The molecule has 0 radical (unpaired) electrons. The fourth-order valence-electron chi connectivity index (χ4n) is 1.97. The standard InChI is InChI=1S/C15H23N3O6/c1-15(2,3)24-14(21)17-7-6-12(19)13(20)10-5-4-9(16)8-11(10)18(22)23/h4-5,8,12-13,19-20H,6-7,16H2,1-3H3,(H,17,21). The maximum Gasteiger partial charge on any atom is 0.407 e. The molecule has 0 saturated carbocycles. The number of hydrogen-bond acceptors (Lipinski definition) is 7. The Labute approximate surface area is 139 Å². The highest BCUT2D eigenvalue weighted by Gasteiger charge is 2.26. The summed E-state index contributed by atoms with van der Waals surface area (Å²) in [4.78, 5) is 21.8. The van der Waals surface area contributed by atoms with Gasteiger partial charge in [-0.3, -0.25) is 10.1 Å². The Morgan fingerprint density at radius 3 is 2.58 bits per heavy atom. The highest BCUT2D eigenvalue weighted by atomic mass is 16.6. The molecular formula is C15H23N3O6. The van der Waals surface area contributed by atoms with E-state index in [4.69, 9.17) is 10.5 Å². The molecule has 9 nitrogen and oxygen atoms in total. The van der Waals surface area contributed by atoms with Crippen LogP contribution in [-0.2, 0) is 4.74 Å². The molecule has 0 bridgehead atoms. The van der Waals surface area contributed by atoms with Crippen molar-refractivity contribution in [1.29, 1.82) is 0 Å². The molecule has 9 heteroatoms. The van der Waals surface area contributed by atoms with E-state index >= 15 is 0 Å². The molecule has 1 aromatic rings. The number of carbonyl (C=O) groups excluding carboxylic acids is 1. The summed E-state index contributed by atoms with van der Waals surface area (Å²) < 4.78 is 5.03. The van der Waals surface area contributed by atoms with Crippen molar-refractivity contribution in [1.82, 2.24) is 5.32 Å². The summed E-state index contributed by atoms with van der Waals surface area (Å²) in [5, 5.41) is 33.6. The van der Waals surface area contributed by atoms with Gasteiger partial charge in [0.25, 0.3) is 5.69 Å². The third-order valence-corrected chi connectivity index (χ3v) is 3.04. The summed E-state index contributed by atoms with van der Waals surface area (Å²) in [5.74, 6) is 0. The lowest BCUT2D eigenvalue weighted by atomic mass is 10.00. The van der Waals surface area contributed by atoms with Crippen molar-refractivity contribution in [2.75, 3.05) is 12.3 Å². The number of alkyl carbamates (subject to hydrolysis) is 1. The largest absolute Gasteiger partial charge is 0.444 e. The maximum absolute atomic E-state index is 11.5. The summed E-state index contributed by atoms with van der Waals surface area (Å²) in [7, 11) is 0. The van der Waals surface area contributed by atoms with E-state index in [1.807, 2.05) is 0 Å². The van der Waals surface area contributed by atoms with Crippen molar-refractivity contribution >= 4 is 17.5 Å². The lowest BCUT2D eigenvalue weighted by molar-refractivity contribution is -0.386. The highest BCUT2D eigenvalue weighted by Crippen LogP contribution is 2.29. The van der Waals surface area contributed by atoms with Crippen molar-refractivity contribution in [3.05, 3.63) is 33.9 Å². The van der Waals surface area contributed by atoms with Crippen molar-refractivity contribution in [2.24, 2.45) is 0 Å². The molecule has 5 N–H and O–H groups in total. The fraction of sp³-hybridized carbons (Fsp3) is 0.533. The molecule has 24 heavy (non-hydrogen) atoms. The number of nitrogens with one attached hydrogen (secondary N) is 1. The monoisotopic (exact) mass is 341 g/mol. The molecule has 0 aliphatic heterocycles. The SMILES string of the molecule is CC(C)(C)OC(=O)NCCC(O)C(O)c1ccc(N)cc1[N+](=O)[O-]. The molecule has 0 fully saturated rings. The predicted molar refractivity (Wildman–Crippen MR) is 87.3 cm³/mol. The lowest BCUT2D eigenvalue weighted by Gasteiger charge is -2.21. The lowest BCUT2D eigenvalue weighted by Crippen LogP contribution is -2.34. The van der Waals surface area contributed by atoms with E-state index in [2.05, 4.69) is 5.32 Å². The number of aliphatic hydroxyl groups excluding tert-OH is 2. The van der Waals surface area contributed by atoms with Crippen LogP contribution in [0.25, 0.3) is 0 Å². The van der Waals surface area contributed by atoms with E-state index in [1.54, 1.807) is 20.8 Å². The average molecular weight is 341 g/mol. The maximum atomic E-state index is 11.5. The van der Waals surface area contributed by atoms with E-state index in [1.165, 1.54) is 12.1 Å². The summed E-state index contributed by atoms with van der Waals surface area (Å²) >= 11 is 0. The smallest absolute Gasteiger partial charge is 0.407 e. The molecule has 0 aliphatic rings.